The zero-order valence-corrected chi connectivity index (χ0v) is 16.0. The summed E-state index contributed by atoms with van der Waals surface area (Å²) in [5, 5.41) is 4.49. The van der Waals surface area contributed by atoms with E-state index in [2.05, 4.69) is 41.5 Å². The van der Waals surface area contributed by atoms with E-state index < -0.39 is 0 Å². The van der Waals surface area contributed by atoms with Crippen molar-refractivity contribution in [1.29, 1.82) is 0 Å². The largest absolute Gasteiger partial charge is 0.487 e. The summed E-state index contributed by atoms with van der Waals surface area (Å²) in [5.41, 5.74) is 4.36. The lowest BCUT2D eigenvalue weighted by molar-refractivity contribution is 0.302. The molecule has 0 radical (unpaired) electrons. The van der Waals surface area contributed by atoms with Crippen LogP contribution >= 0.6 is 23.2 Å². The van der Waals surface area contributed by atoms with Gasteiger partial charge in [-0.3, -0.25) is 4.98 Å². The van der Waals surface area contributed by atoms with Gasteiger partial charge in [0.1, 0.15) is 12.4 Å². The molecule has 0 spiro atoms. The molecule has 0 aliphatic carbocycles. The third-order valence-corrected chi connectivity index (χ3v) is 4.46. The molecule has 134 valence electrons. The first-order chi connectivity index (χ1) is 12.6. The van der Waals surface area contributed by atoms with Crippen molar-refractivity contribution in [3.05, 3.63) is 93.2 Å². The normalized spacial score (nSPS) is 10.7. The van der Waals surface area contributed by atoms with E-state index in [9.17, 15) is 0 Å². The Morgan fingerprint density at radius 3 is 2.54 bits per heavy atom. The molecule has 0 amide bonds. The maximum Gasteiger partial charge on any atom is 0.142 e. The van der Waals surface area contributed by atoms with Crippen LogP contribution in [0.15, 0.2) is 60.9 Å². The van der Waals surface area contributed by atoms with E-state index in [0.717, 1.165) is 16.7 Å². The van der Waals surface area contributed by atoms with Crippen molar-refractivity contribution in [3.63, 3.8) is 0 Å². The van der Waals surface area contributed by atoms with Gasteiger partial charge < -0.3 is 10.1 Å². The molecule has 1 heterocycles. The van der Waals surface area contributed by atoms with Crippen molar-refractivity contribution in [3.8, 4) is 5.75 Å². The predicted octanol–water partition coefficient (Wildman–Crippen LogP) is 5.57. The Morgan fingerprint density at radius 1 is 1.00 bits per heavy atom. The number of halogens is 2. The summed E-state index contributed by atoms with van der Waals surface area (Å²) in [7, 11) is 0. The van der Waals surface area contributed by atoms with E-state index in [1.807, 2.05) is 24.4 Å². The van der Waals surface area contributed by atoms with Crippen molar-refractivity contribution in [2.45, 2.75) is 26.6 Å². The molecule has 0 saturated carbocycles. The quantitative estimate of drug-likeness (QED) is 0.576. The van der Waals surface area contributed by atoms with Crippen LogP contribution in [0.1, 0.15) is 22.3 Å². The summed E-state index contributed by atoms with van der Waals surface area (Å²) in [6, 6.07) is 15.8. The Balaban J connectivity index is 1.68. The lowest BCUT2D eigenvalue weighted by Crippen LogP contribution is -2.14. The number of hydrogen-bond donors (Lipinski definition) is 1. The first kappa shape index (κ1) is 18.7. The van der Waals surface area contributed by atoms with Crippen molar-refractivity contribution in [1.82, 2.24) is 10.3 Å². The van der Waals surface area contributed by atoms with E-state index in [1.54, 1.807) is 12.3 Å². The smallest absolute Gasteiger partial charge is 0.142 e. The van der Waals surface area contributed by atoms with Gasteiger partial charge in [0.2, 0.25) is 0 Å². The third kappa shape index (κ3) is 5.21. The minimum absolute atomic E-state index is 0.456. The van der Waals surface area contributed by atoms with Crippen molar-refractivity contribution in [2.24, 2.45) is 0 Å². The van der Waals surface area contributed by atoms with Gasteiger partial charge in [-0.1, -0.05) is 59.1 Å². The van der Waals surface area contributed by atoms with Gasteiger partial charge in [0, 0.05) is 36.1 Å². The third-order valence-electron chi connectivity index (χ3n) is 3.96. The molecule has 5 heteroatoms. The highest BCUT2D eigenvalue weighted by Crippen LogP contribution is 2.33. The highest BCUT2D eigenvalue weighted by atomic mass is 35.5. The first-order valence-corrected chi connectivity index (χ1v) is 9.13. The molecule has 0 unspecified atom stereocenters. The Kier molecular flexibility index (Phi) is 6.51. The molecule has 1 aromatic heterocycles. The molecule has 0 aliphatic rings. The number of nitrogens with one attached hydrogen (secondary N) is 1. The van der Waals surface area contributed by atoms with E-state index in [-0.39, 0.29) is 0 Å². The molecule has 1 N–H and O–H groups in total. The summed E-state index contributed by atoms with van der Waals surface area (Å²) >= 11 is 12.5. The second-order valence-corrected chi connectivity index (χ2v) is 6.96. The molecule has 3 aromatic rings. The van der Waals surface area contributed by atoms with Gasteiger partial charge in [0.25, 0.3) is 0 Å². The van der Waals surface area contributed by atoms with Gasteiger partial charge >= 0.3 is 0 Å². The summed E-state index contributed by atoms with van der Waals surface area (Å²) in [6.45, 7) is 3.82. The average Bonchev–Trinajstić information content (AvgIpc) is 2.63. The van der Waals surface area contributed by atoms with Gasteiger partial charge in [-0.2, -0.15) is 0 Å². The molecule has 0 bridgehead atoms. The van der Waals surface area contributed by atoms with Crippen LogP contribution in [-0.2, 0) is 19.7 Å². The highest BCUT2D eigenvalue weighted by molar-refractivity contribution is 6.35. The van der Waals surface area contributed by atoms with Crippen molar-refractivity contribution in [2.75, 3.05) is 0 Å². The number of rotatable bonds is 7. The van der Waals surface area contributed by atoms with Crippen LogP contribution in [0.25, 0.3) is 0 Å². The zero-order valence-electron chi connectivity index (χ0n) is 14.5. The second kappa shape index (κ2) is 9.04. The predicted molar refractivity (Wildman–Crippen MR) is 107 cm³/mol. The van der Waals surface area contributed by atoms with Crippen LogP contribution in [0, 0.1) is 6.92 Å². The SMILES string of the molecule is Cc1ccc(COc2c(Cl)cc(Cl)cc2CNCc2cccnc2)cc1. The summed E-state index contributed by atoms with van der Waals surface area (Å²) in [6.07, 6.45) is 3.60. The highest BCUT2D eigenvalue weighted by Gasteiger charge is 2.11. The zero-order chi connectivity index (χ0) is 18.4. The van der Waals surface area contributed by atoms with Crippen LogP contribution in [0.4, 0.5) is 0 Å². The number of pyridine rings is 1. The fourth-order valence-corrected chi connectivity index (χ4v) is 3.18. The number of ether oxygens (including phenoxy) is 1. The maximum atomic E-state index is 6.37. The standard InChI is InChI=1S/C21H20Cl2N2O/c1-15-4-6-16(7-5-15)14-26-21-18(9-19(22)10-20(21)23)13-25-12-17-3-2-8-24-11-17/h2-11,25H,12-14H2,1H3. The molecule has 0 atom stereocenters. The van der Waals surface area contributed by atoms with Crippen LogP contribution < -0.4 is 10.1 Å². The van der Waals surface area contributed by atoms with E-state index in [1.165, 1.54) is 5.56 Å². The molecule has 0 fully saturated rings. The number of benzene rings is 2. The molecular weight excluding hydrogens is 367 g/mol. The average molecular weight is 387 g/mol. The number of aryl methyl sites for hydroxylation is 1. The van der Waals surface area contributed by atoms with Crippen LogP contribution in [0.2, 0.25) is 10.0 Å². The molecule has 2 aromatic carbocycles. The van der Waals surface area contributed by atoms with Gasteiger partial charge in [-0.05, 0) is 36.2 Å². The molecule has 26 heavy (non-hydrogen) atoms. The van der Waals surface area contributed by atoms with Gasteiger partial charge in [-0.25, -0.2) is 0 Å². The van der Waals surface area contributed by atoms with E-state index in [0.29, 0.717) is 35.5 Å². The van der Waals surface area contributed by atoms with Crippen LogP contribution in [-0.4, -0.2) is 4.98 Å². The van der Waals surface area contributed by atoms with Gasteiger partial charge in [0.15, 0.2) is 0 Å². The lowest BCUT2D eigenvalue weighted by atomic mass is 10.1. The van der Waals surface area contributed by atoms with E-state index >= 15 is 0 Å². The Morgan fingerprint density at radius 2 is 1.81 bits per heavy atom. The fourth-order valence-electron chi connectivity index (χ4n) is 2.59. The Labute approximate surface area is 163 Å². The number of nitrogens with zero attached hydrogens (tertiary/aromatic N) is 1. The van der Waals surface area contributed by atoms with Gasteiger partial charge in [-0.15, -0.1) is 0 Å². The minimum Gasteiger partial charge on any atom is -0.487 e. The summed E-state index contributed by atoms with van der Waals surface area (Å²) < 4.78 is 6.01. The van der Waals surface area contributed by atoms with Gasteiger partial charge in [0.05, 0.1) is 5.02 Å². The molecule has 3 rings (SSSR count). The van der Waals surface area contributed by atoms with Crippen LogP contribution in [0.5, 0.6) is 5.75 Å². The Bertz CT molecular complexity index is 852. The van der Waals surface area contributed by atoms with E-state index in [4.69, 9.17) is 27.9 Å². The summed E-state index contributed by atoms with van der Waals surface area (Å²) in [4.78, 5) is 4.12. The molecular formula is C21H20Cl2N2O. The fraction of sp³-hybridized carbons (Fsp3) is 0.190. The second-order valence-electron chi connectivity index (χ2n) is 6.11. The topological polar surface area (TPSA) is 34.1 Å². The molecule has 0 saturated heterocycles. The van der Waals surface area contributed by atoms with Crippen molar-refractivity contribution < 1.29 is 4.74 Å². The minimum atomic E-state index is 0.456. The summed E-state index contributed by atoms with van der Waals surface area (Å²) in [5.74, 6) is 0.662. The Hall–Kier alpha value is -2.07. The maximum absolute atomic E-state index is 6.37. The number of aromatic nitrogens is 1. The molecule has 3 nitrogen and oxygen atoms in total. The molecule has 0 aliphatic heterocycles. The first-order valence-electron chi connectivity index (χ1n) is 8.38. The lowest BCUT2D eigenvalue weighted by Gasteiger charge is -2.15. The van der Waals surface area contributed by atoms with Crippen molar-refractivity contribution >= 4 is 23.2 Å². The van der Waals surface area contributed by atoms with Crippen LogP contribution in [0.3, 0.4) is 0 Å². The number of hydrogen-bond acceptors (Lipinski definition) is 3. The monoisotopic (exact) mass is 386 g/mol.